The smallest absolute Gasteiger partial charge is 0.254 e. The summed E-state index contributed by atoms with van der Waals surface area (Å²) in [6.45, 7) is 3.99. The van der Waals surface area contributed by atoms with E-state index < -0.39 is 0 Å². The predicted octanol–water partition coefficient (Wildman–Crippen LogP) is 2.97. The summed E-state index contributed by atoms with van der Waals surface area (Å²) in [6, 6.07) is 8.36. The minimum atomic E-state index is 0.684. The van der Waals surface area contributed by atoms with Crippen molar-refractivity contribution in [3.63, 3.8) is 0 Å². The zero-order valence-electron chi connectivity index (χ0n) is 12.2. The van der Waals surface area contributed by atoms with Crippen LogP contribution in [0.4, 0.5) is 11.5 Å². The van der Waals surface area contributed by atoms with Gasteiger partial charge in [0.15, 0.2) is 0 Å². The molecule has 1 aliphatic rings. The molecule has 0 radical (unpaired) electrons. The van der Waals surface area contributed by atoms with E-state index in [-0.39, 0.29) is 0 Å². The summed E-state index contributed by atoms with van der Waals surface area (Å²) in [5.41, 5.74) is 4.74. The summed E-state index contributed by atoms with van der Waals surface area (Å²) in [5.74, 6) is 2.44. The molecule has 106 valence electrons. The third-order valence-electron chi connectivity index (χ3n) is 3.90. The van der Waals surface area contributed by atoms with Crippen molar-refractivity contribution in [3.05, 3.63) is 46.9 Å². The zero-order valence-corrected chi connectivity index (χ0v) is 12.2. The average molecular weight is 279 g/mol. The highest BCUT2D eigenvalue weighted by Crippen LogP contribution is 2.30. The Kier molecular flexibility index (Phi) is 2.67. The van der Waals surface area contributed by atoms with Gasteiger partial charge in [-0.25, -0.2) is 4.98 Å². The summed E-state index contributed by atoms with van der Waals surface area (Å²) >= 11 is 0. The molecule has 0 unspecified atom stereocenters. The van der Waals surface area contributed by atoms with Crippen LogP contribution in [-0.4, -0.2) is 19.6 Å². The fraction of sp³-hybridized carbons (Fsp3) is 0.312. The summed E-state index contributed by atoms with van der Waals surface area (Å²) in [4.78, 5) is 9.06. The SMILES string of the molecule is Cc1cccc(Nc2c3c(nc4nc(C)nn24)CCC3)c1. The fourth-order valence-electron chi connectivity index (χ4n) is 2.97. The van der Waals surface area contributed by atoms with E-state index in [1.807, 2.05) is 11.4 Å². The van der Waals surface area contributed by atoms with Crippen molar-refractivity contribution < 1.29 is 0 Å². The molecular formula is C16H17N5. The number of fused-ring (bicyclic) bond motifs is 2. The Morgan fingerprint density at radius 1 is 1.14 bits per heavy atom. The average Bonchev–Trinajstić information content (AvgIpc) is 3.04. The van der Waals surface area contributed by atoms with E-state index in [0.717, 1.165) is 42.3 Å². The van der Waals surface area contributed by atoms with Crippen LogP contribution in [0.15, 0.2) is 24.3 Å². The molecule has 0 amide bonds. The highest BCUT2D eigenvalue weighted by Gasteiger charge is 2.21. The molecule has 3 aromatic rings. The first-order valence-corrected chi connectivity index (χ1v) is 7.29. The normalized spacial score (nSPS) is 13.6. The first-order valence-electron chi connectivity index (χ1n) is 7.29. The molecule has 0 saturated heterocycles. The third kappa shape index (κ3) is 2.05. The van der Waals surface area contributed by atoms with E-state index in [9.17, 15) is 0 Å². The molecule has 1 aromatic carbocycles. The lowest BCUT2D eigenvalue weighted by molar-refractivity contribution is 0.899. The zero-order chi connectivity index (χ0) is 14.4. The first-order chi connectivity index (χ1) is 10.2. The van der Waals surface area contributed by atoms with Crippen molar-refractivity contribution in [3.8, 4) is 0 Å². The van der Waals surface area contributed by atoms with Gasteiger partial charge < -0.3 is 5.32 Å². The van der Waals surface area contributed by atoms with Crippen molar-refractivity contribution in [1.29, 1.82) is 0 Å². The molecule has 4 rings (SSSR count). The number of hydrogen-bond acceptors (Lipinski definition) is 4. The molecule has 2 heterocycles. The first kappa shape index (κ1) is 12.3. The molecule has 0 aliphatic heterocycles. The highest BCUT2D eigenvalue weighted by atomic mass is 15.4. The monoisotopic (exact) mass is 279 g/mol. The molecule has 21 heavy (non-hydrogen) atoms. The van der Waals surface area contributed by atoms with Crippen LogP contribution in [0.3, 0.4) is 0 Å². The maximum atomic E-state index is 4.65. The van der Waals surface area contributed by atoms with Gasteiger partial charge in [0.05, 0.1) is 5.69 Å². The van der Waals surface area contributed by atoms with E-state index >= 15 is 0 Å². The Labute approximate surface area is 123 Å². The van der Waals surface area contributed by atoms with Gasteiger partial charge in [-0.1, -0.05) is 12.1 Å². The van der Waals surface area contributed by atoms with Crippen LogP contribution in [0.5, 0.6) is 0 Å². The second-order valence-electron chi connectivity index (χ2n) is 5.60. The third-order valence-corrected chi connectivity index (χ3v) is 3.90. The van der Waals surface area contributed by atoms with Crippen LogP contribution in [-0.2, 0) is 12.8 Å². The lowest BCUT2D eigenvalue weighted by Crippen LogP contribution is -2.07. The van der Waals surface area contributed by atoms with Crippen molar-refractivity contribution in [2.45, 2.75) is 33.1 Å². The van der Waals surface area contributed by atoms with Crippen LogP contribution in [0, 0.1) is 13.8 Å². The maximum Gasteiger partial charge on any atom is 0.254 e. The van der Waals surface area contributed by atoms with Crippen molar-refractivity contribution in [2.75, 3.05) is 5.32 Å². The summed E-state index contributed by atoms with van der Waals surface area (Å²) < 4.78 is 1.84. The molecule has 5 nitrogen and oxygen atoms in total. The highest BCUT2D eigenvalue weighted by molar-refractivity contribution is 5.64. The quantitative estimate of drug-likeness (QED) is 0.783. The van der Waals surface area contributed by atoms with Crippen molar-refractivity contribution in [1.82, 2.24) is 19.6 Å². The maximum absolute atomic E-state index is 4.65. The molecule has 2 aromatic heterocycles. The van der Waals surface area contributed by atoms with E-state index in [1.165, 1.54) is 11.1 Å². The minimum Gasteiger partial charge on any atom is -0.340 e. The molecule has 1 aliphatic carbocycles. The van der Waals surface area contributed by atoms with Crippen LogP contribution >= 0.6 is 0 Å². The van der Waals surface area contributed by atoms with Crippen molar-refractivity contribution >= 4 is 17.3 Å². The predicted molar refractivity (Wildman–Crippen MR) is 82.0 cm³/mol. The second kappa shape index (κ2) is 4.55. The van der Waals surface area contributed by atoms with Gasteiger partial charge in [-0.3, -0.25) is 0 Å². The van der Waals surface area contributed by atoms with Crippen LogP contribution in [0.2, 0.25) is 0 Å². The van der Waals surface area contributed by atoms with Gasteiger partial charge in [-0.15, -0.1) is 5.10 Å². The summed E-state index contributed by atoms with van der Waals surface area (Å²) in [5, 5.41) is 8.01. The molecule has 0 bridgehead atoms. The fourth-order valence-corrected chi connectivity index (χ4v) is 2.97. The summed E-state index contributed by atoms with van der Waals surface area (Å²) in [6.07, 6.45) is 3.22. The number of hydrogen-bond donors (Lipinski definition) is 1. The second-order valence-corrected chi connectivity index (χ2v) is 5.60. The Hall–Kier alpha value is -2.43. The van der Waals surface area contributed by atoms with Gasteiger partial charge in [-0.05, 0) is 50.8 Å². The summed E-state index contributed by atoms with van der Waals surface area (Å²) in [7, 11) is 0. The largest absolute Gasteiger partial charge is 0.340 e. The van der Waals surface area contributed by atoms with E-state index in [4.69, 9.17) is 0 Å². The Morgan fingerprint density at radius 2 is 2.05 bits per heavy atom. The van der Waals surface area contributed by atoms with E-state index in [0.29, 0.717) is 5.78 Å². The molecule has 1 N–H and O–H groups in total. The molecule has 0 saturated carbocycles. The molecule has 0 fully saturated rings. The topological polar surface area (TPSA) is 55.1 Å². The molecular weight excluding hydrogens is 262 g/mol. The Bertz CT molecular complexity index is 834. The number of aryl methyl sites for hydroxylation is 3. The van der Waals surface area contributed by atoms with Gasteiger partial charge in [-0.2, -0.15) is 9.50 Å². The van der Waals surface area contributed by atoms with Gasteiger partial charge in [0.2, 0.25) is 0 Å². The number of rotatable bonds is 2. The number of aromatic nitrogens is 4. The number of nitrogens with one attached hydrogen (secondary N) is 1. The molecule has 0 atom stereocenters. The van der Waals surface area contributed by atoms with Crippen LogP contribution in [0.25, 0.3) is 5.78 Å². The van der Waals surface area contributed by atoms with Crippen LogP contribution < -0.4 is 5.32 Å². The van der Waals surface area contributed by atoms with E-state index in [2.05, 4.69) is 51.6 Å². The number of benzene rings is 1. The molecule has 0 spiro atoms. The van der Waals surface area contributed by atoms with Crippen LogP contribution in [0.1, 0.15) is 29.1 Å². The van der Waals surface area contributed by atoms with Gasteiger partial charge >= 0.3 is 0 Å². The standard InChI is InChI=1S/C16H17N5/c1-10-5-3-6-12(9-10)18-15-13-7-4-8-14(13)19-16-17-11(2)20-21(15)16/h3,5-6,9,18H,4,7-8H2,1-2H3. The van der Waals surface area contributed by atoms with E-state index in [1.54, 1.807) is 0 Å². The lowest BCUT2D eigenvalue weighted by Gasteiger charge is -2.12. The Balaban J connectivity index is 1.90. The van der Waals surface area contributed by atoms with Gasteiger partial charge in [0.25, 0.3) is 5.78 Å². The number of nitrogens with zero attached hydrogens (tertiary/aromatic N) is 4. The number of anilines is 2. The molecule has 5 heteroatoms. The van der Waals surface area contributed by atoms with Gasteiger partial charge in [0.1, 0.15) is 11.6 Å². The van der Waals surface area contributed by atoms with Crippen molar-refractivity contribution in [2.24, 2.45) is 0 Å². The lowest BCUT2D eigenvalue weighted by atomic mass is 10.2. The Morgan fingerprint density at radius 3 is 2.90 bits per heavy atom. The minimum absolute atomic E-state index is 0.684. The van der Waals surface area contributed by atoms with Gasteiger partial charge in [0, 0.05) is 11.3 Å².